The minimum atomic E-state index is -0.173. The Bertz CT molecular complexity index is 230. The normalized spacial score (nSPS) is 21.2. The van der Waals surface area contributed by atoms with E-state index in [1.165, 1.54) is 12.8 Å². The lowest BCUT2D eigenvalue weighted by atomic mass is 9.97. The van der Waals surface area contributed by atoms with Gasteiger partial charge in [-0.1, -0.05) is 0 Å². The summed E-state index contributed by atoms with van der Waals surface area (Å²) >= 11 is 0. The summed E-state index contributed by atoms with van der Waals surface area (Å²) in [5.41, 5.74) is -0.173. The van der Waals surface area contributed by atoms with Crippen LogP contribution in [0.3, 0.4) is 0 Å². The first kappa shape index (κ1) is 14.5. The molecule has 1 unspecified atom stereocenters. The van der Waals surface area contributed by atoms with Crippen molar-refractivity contribution in [2.75, 3.05) is 26.3 Å². The molecule has 1 fully saturated rings. The molecule has 0 spiro atoms. The van der Waals surface area contributed by atoms with Crippen LogP contribution in [-0.2, 0) is 9.53 Å². The second-order valence-corrected chi connectivity index (χ2v) is 5.85. The van der Waals surface area contributed by atoms with Gasteiger partial charge in [-0.15, -0.1) is 0 Å². The molecule has 100 valence electrons. The maximum Gasteiger partial charge on any atom is 0.246 e. The van der Waals surface area contributed by atoms with Gasteiger partial charge >= 0.3 is 0 Å². The number of piperidine rings is 1. The van der Waals surface area contributed by atoms with Crippen LogP contribution in [0.15, 0.2) is 0 Å². The van der Waals surface area contributed by atoms with Crippen LogP contribution < -0.4 is 10.6 Å². The molecule has 0 aromatic carbocycles. The van der Waals surface area contributed by atoms with E-state index in [-0.39, 0.29) is 18.1 Å². The predicted octanol–water partition coefficient (Wildman–Crippen LogP) is 1.31. The highest BCUT2D eigenvalue weighted by Gasteiger charge is 2.15. The molecule has 2 N–H and O–H groups in total. The number of nitrogens with one attached hydrogen (secondary N) is 2. The van der Waals surface area contributed by atoms with E-state index >= 15 is 0 Å². The third kappa shape index (κ3) is 7.34. The number of amides is 1. The van der Waals surface area contributed by atoms with Gasteiger partial charge in [-0.25, -0.2) is 0 Å². The maximum atomic E-state index is 11.5. The van der Waals surface area contributed by atoms with Crippen LogP contribution in [0, 0.1) is 5.92 Å². The molecular formula is C13H26N2O2. The van der Waals surface area contributed by atoms with Gasteiger partial charge in [-0.3, -0.25) is 4.79 Å². The van der Waals surface area contributed by atoms with Gasteiger partial charge in [0, 0.05) is 12.1 Å². The van der Waals surface area contributed by atoms with Gasteiger partial charge in [0.15, 0.2) is 0 Å². The van der Waals surface area contributed by atoms with E-state index < -0.39 is 0 Å². The van der Waals surface area contributed by atoms with Crippen molar-refractivity contribution >= 4 is 5.91 Å². The number of carbonyl (C=O) groups is 1. The van der Waals surface area contributed by atoms with E-state index in [0.29, 0.717) is 6.61 Å². The van der Waals surface area contributed by atoms with Crippen molar-refractivity contribution in [1.82, 2.24) is 10.6 Å². The largest absolute Gasteiger partial charge is 0.372 e. The van der Waals surface area contributed by atoms with Crippen molar-refractivity contribution < 1.29 is 9.53 Å². The van der Waals surface area contributed by atoms with Crippen LogP contribution >= 0.6 is 0 Å². The van der Waals surface area contributed by atoms with E-state index in [1.54, 1.807) is 0 Å². The van der Waals surface area contributed by atoms with E-state index in [0.717, 1.165) is 25.4 Å². The summed E-state index contributed by atoms with van der Waals surface area (Å²) in [5.74, 6) is 0.689. The van der Waals surface area contributed by atoms with Crippen LogP contribution in [0.2, 0.25) is 0 Å². The molecule has 1 heterocycles. The van der Waals surface area contributed by atoms with E-state index in [9.17, 15) is 4.79 Å². The first-order chi connectivity index (χ1) is 7.97. The summed E-state index contributed by atoms with van der Waals surface area (Å²) in [6.07, 6.45) is 3.59. The van der Waals surface area contributed by atoms with Crippen molar-refractivity contribution in [3.8, 4) is 0 Å². The molecule has 4 heteroatoms. The van der Waals surface area contributed by atoms with E-state index in [1.807, 2.05) is 20.8 Å². The Kier molecular flexibility index (Phi) is 5.92. The molecule has 4 nitrogen and oxygen atoms in total. The monoisotopic (exact) mass is 242 g/mol. The fraction of sp³-hybridized carbons (Fsp3) is 0.923. The molecule has 1 saturated heterocycles. The summed E-state index contributed by atoms with van der Waals surface area (Å²) in [6.45, 7) is 9.01. The zero-order chi connectivity index (χ0) is 12.7. The second-order valence-electron chi connectivity index (χ2n) is 5.85. The van der Waals surface area contributed by atoms with Gasteiger partial charge < -0.3 is 15.4 Å². The number of hydrogen-bond donors (Lipinski definition) is 2. The molecule has 0 aliphatic carbocycles. The lowest BCUT2D eigenvalue weighted by Gasteiger charge is -2.23. The van der Waals surface area contributed by atoms with Crippen LogP contribution in [0.4, 0.5) is 0 Å². The highest BCUT2D eigenvalue weighted by molar-refractivity contribution is 5.77. The van der Waals surface area contributed by atoms with Crippen LogP contribution in [0.1, 0.15) is 40.0 Å². The Hall–Kier alpha value is -0.610. The number of hydrogen-bond acceptors (Lipinski definition) is 3. The molecule has 17 heavy (non-hydrogen) atoms. The summed E-state index contributed by atoms with van der Waals surface area (Å²) in [7, 11) is 0. The van der Waals surface area contributed by atoms with Crippen molar-refractivity contribution in [2.45, 2.75) is 45.6 Å². The molecule has 1 atom stereocenters. The molecule has 1 rings (SSSR count). The summed E-state index contributed by atoms with van der Waals surface area (Å²) in [5, 5.41) is 6.26. The van der Waals surface area contributed by atoms with Gasteiger partial charge in [0.1, 0.15) is 6.61 Å². The van der Waals surface area contributed by atoms with Gasteiger partial charge in [0.25, 0.3) is 0 Å². The highest BCUT2D eigenvalue weighted by atomic mass is 16.5. The molecule has 1 aliphatic rings. The topological polar surface area (TPSA) is 50.4 Å². The minimum Gasteiger partial charge on any atom is -0.372 e. The Morgan fingerprint density at radius 1 is 1.47 bits per heavy atom. The SMILES string of the molecule is CC(C)(C)NC(=O)COCCC1CCCNC1. The third-order valence-corrected chi connectivity index (χ3v) is 2.82. The fourth-order valence-electron chi connectivity index (χ4n) is 2.04. The van der Waals surface area contributed by atoms with Crippen molar-refractivity contribution in [3.05, 3.63) is 0 Å². The van der Waals surface area contributed by atoms with E-state index in [4.69, 9.17) is 4.74 Å². The number of carbonyl (C=O) groups excluding carboxylic acids is 1. The molecule has 0 bridgehead atoms. The summed E-state index contributed by atoms with van der Waals surface area (Å²) in [4.78, 5) is 11.5. The Balaban J connectivity index is 2.01. The second kappa shape index (κ2) is 6.97. The lowest BCUT2D eigenvalue weighted by Crippen LogP contribution is -2.42. The zero-order valence-corrected chi connectivity index (χ0v) is 11.3. The quantitative estimate of drug-likeness (QED) is 0.715. The number of rotatable bonds is 5. The molecule has 0 aromatic heterocycles. The summed E-state index contributed by atoms with van der Waals surface area (Å²) in [6, 6.07) is 0. The molecule has 1 amide bonds. The molecule has 0 radical (unpaired) electrons. The molecular weight excluding hydrogens is 216 g/mol. The predicted molar refractivity (Wildman–Crippen MR) is 68.9 cm³/mol. The lowest BCUT2D eigenvalue weighted by molar-refractivity contribution is -0.127. The van der Waals surface area contributed by atoms with Crippen molar-refractivity contribution in [3.63, 3.8) is 0 Å². The Labute approximate surface area is 104 Å². The molecule has 0 saturated carbocycles. The van der Waals surface area contributed by atoms with Gasteiger partial charge in [-0.2, -0.15) is 0 Å². The van der Waals surface area contributed by atoms with Crippen LogP contribution in [0.5, 0.6) is 0 Å². The van der Waals surface area contributed by atoms with Crippen LogP contribution in [0.25, 0.3) is 0 Å². The minimum absolute atomic E-state index is 0.0285. The van der Waals surface area contributed by atoms with Gasteiger partial charge in [0.2, 0.25) is 5.91 Å². The smallest absolute Gasteiger partial charge is 0.246 e. The molecule has 0 aromatic rings. The van der Waals surface area contributed by atoms with Crippen molar-refractivity contribution in [2.24, 2.45) is 5.92 Å². The first-order valence-corrected chi connectivity index (χ1v) is 6.57. The average Bonchev–Trinajstić information content (AvgIpc) is 2.23. The van der Waals surface area contributed by atoms with Crippen molar-refractivity contribution in [1.29, 1.82) is 0 Å². The van der Waals surface area contributed by atoms with Gasteiger partial charge in [0.05, 0.1) is 0 Å². The zero-order valence-electron chi connectivity index (χ0n) is 11.3. The Morgan fingerprint density at radius 3 is 2.82 bits per heavy atom. The summed E-state index contributed by atoms with van der Waals surface area (Å²) < 4.78 is 5.40. The third-order valence-electron chi connectivity index (χ3n) is 2.82. The van der Waals surface area contributed by atoms with Gasteiger partial charge in [-0.05, 0) is 59.0 Å². The average molecular weight is 242 g/mol. The fourth-order valence-corrected chi connectivity index (χ4v) is 2.04. The van der Waals surface area contributed by atoms with E-state index in [2.05, 4.69) is 10.6 Å². The van der Waals surface area contributed by atoms with Crippen LogP contribution in [-0.4, -0.2) is 37.7 Å². The highest BCUT2D eigenvalue weighted by Crippen LogP contribution is 2.13. The maximum absolute atomic E-state index is 11.5. The standard InChI is InChI=1S/C13H26N2O2/c1-13(2,3)15-12(16)10-17-8-6-11-5-4-7-14-9-11/h11,14H,4-10H2,1-3H3,(H,15,16). The molecule has 1 aliphatic heterocycles. The number of ether oxygens (including phenoxy) is 1. The first-order valence-electron chi connectivity index (χ1n) is 6.57. The Morgan fingerprint density at radius 2 is 2.24 bits per heavy atom.